The van der Waals surface area contributed by atoms with Gasteiger partial charge in [-0.05, 0) is 37.3 Å². The molecule has 1 aliphatic heterocycles. The molecular weight excluding hydrogens is 314 g/mol. The summed E-state index contributed by atoms with van der Waals surface area (Å²) < 4.78 is 5.07. The van der Waals surface area contributed by atoms with Crippen molar-refractivity contribution in [2.75, 3.05) is 19.7 Å². The Morgan fingerprint density at radius 3 is 3.13 bits per heavy atom. The molecule has 2 aromatic rings. The number of piperidine rings is 1. The Balaban J connectivity index is 1.69. The second kappa shape index (κ2) is 6.95. The molecule has 3 rings (SSSR count). The Morgan fingerprint density at radius 1 is 1.52 bits per heavy atom. The lowest BCUT2D eigenvalue weighted by atomic mass is 9.98. The zero-order valence-corrected chi connectivity index (χ0v) is 13.8. The van der Waals surface area contributed by atoms with Gasteiger partial charge in [-0.15, -0.1) is 11.3 Å². The van der Waals surface area contributed by atoms with E-state index in [9.17, 15) is 9.59 Å². The van der Waals surface area contributed by atoms with Gasteiger partial charge in [-0.2, -0.15) is 5.10 Å². The molecule has 1 N–H and O–H groups in total. The minimum Gasteiger partial charge on any atom is -0.466 e. The van der Waals surface area contributed by atoms with Crippen LogP contribution >= 0.6 is 11.3 Å². The summed E-state index contributed by atoms with van der Waals surface area (Å²) in [6.07, 6.45) is 1.57. The number of amides is 1. The summed E-state index contributed by atoms with van der Waals surface area (Å²) in [4.78, 5) is 27.2. The molecule has 0 aromatic carbocycles. The molecule has 1 fully saturated rings. The third kappa shape index (κ3) is 3.44. The fourth-order valence-corrected chi connectivity index (χ4v) is 3.46. The summed E-state index contributed by atoms with van der Waals surface area (Å²) in [5.74, 6) is -0.590. The molecule has 1 saturated heterocycles. The second-order valence-corrected chi connectivity index (χ2v) is 6.43. The van der Waals surface area contributed by atoms with Gasteiger partial charge in [0.05, 0.1) is 23.1 Å². The smallest absolute Gasteiger partial charge is 0.310 e. The minimum atomic E-state index is -0.233. The highest BCUT2D eigenvalue weighted by Crippen LogP contribution is 2.24. The quantitative estimate of drug-likeness (QED) is 0.873. The first-order chi connectivity index (χ1) is 11.2. The Bertz CT molecular complexity index is 681. The molecule has 122 valence electrons. The van der Waals surface area contributed by atoms with Gasteiger partial charge in [0.25, 0.3) is 5.91 Å². The zero-order valence-electron chi connectivity index (χ0n) is 12.9. The van der Waals surface area contributed by atoms with E-state index < -0.39 is 0 Å². The average Bonchev–Trinajstić information content (AvgIpc) is 3.25. The number of rotatable bonds is 4. The molecule has 6 nitrogen and oxygen atoms in total. The maximum Gasteiger partial charge on any atom is 0.310 e. The normalized spacial score (nSPS) is 18.0. The molecule has 23 heavy (non-hydrogen) atoms. The van der Waals surface area contributed by atoms with Crippen molar-refractivity contribution < 1.29 is 14.3 Å². The largest absolute Gasteiger partial charge is 0.466 e. The SMILES string of the molecule is CCOC(=O)C1CCCN(C(=O)c2cc(-c3cccs3)[nH]n2)C1. The Labute approximate surface area is 138 Å². The van der Waals surface area contributed by atoms with Crippen LogP contribution in [0.3, 0.4) is 0 Å². The van der Waals surface area contributed by atoms with Gasteiger partial charge in [-0.3, -0.25) is 14.7 Å². The van der Waals surface area contributed by atoms with E-state index in [1.165, 1.54) is 0 Å². The molecule has 0 aliphatic carbocycles. The van der Waals surface area contributed by atoms with E-state index in [2.05, 4.69) is 10.2 Å². The number of hydrogen-bond donors (Lipinski definition) is 1. The van der Waals surface area contributed by atoms with Crippen LogP contribution in [0.1, 0.15) is 30.3 Å². The molecule has 0 saturated carbocycles. The first-order valence-corrected chi connectivity index (χ1v) is 8.62. The predicted octanol–water partition coefficient (Wildman–Crippen LogP) is 2.55. The number of thiophene rings is 1. The monoisotopic (exact) mass is 333 g/mol. The zero-order chi connectivity index (χ0) is 16.2. The summed E-state index contributed by atoms with van der Waals surface area (Å²) in [5, 5.41) is 9.01. The van der Waals surface area contributed by atoms with E-state index in [4.69, 9.17) is 4.74 Å². The minimum absolute atomic E-state index is 0.141. The number of ether oxygens (including phenoxy) is 1. The van der Waals surface area contributed by atoms with Crippen LogP contribution in [-0.4, -0.2) is 46.7 Å². The van der Waals surface area contributed by atoms with Crippen LogP contribution in [0.2, 0.25) is 0 Å². The van der Waals surface area contributed by atoms with Crippen LogP contribution in [0.25, 0.3) is 10.6 Å². The summed E-state index contributed by atoms with van der Waals surface area (Å²) in [5.41, 5.74) is 1.22. The fraction of sp³-hybridized carbons (Fsp3) is 0.438. The Hall–Kier alpha value is -2.15. The third-order valence-electron chi connectivity index (χ3n) is 3.91. The van der Waals surface area contributed by atoms with E-state index in [0.717, 1.165) is 23.4 Å². The number of esters is 1. The highest BCUT2D eigenvalue weighted by atomic mass is 32.1. The standard InChI is InChI=1S/C16H19N3O3S/c1-2-22-16(21)11-5-3-7-19(10-11)15(20)13-9-12(17-18-13)14-6-4-8-23-14/h4,6,8-9,11H,2-3,5,7,10H2,1H3,(H,17,18). The van der Waals surface area contributed by atoms with Crippen molar-refractivity contribution in [1.82, 2.24) is 15.1 Å². The molecule has 1 unspecified atom stereocenters. The maximum atomic E-state index is 12.6. The topological polar surface area (TPSA) is 75.3 Å². The maximum absolute atomic E-state index is 12.6. The Morgan fingerprint density at radius 2 is 2.39 bits per heavy atom. The lowest BCUT2D eigenvalue weighted by Gasteiger charge is -2.31. The van der Waals surface area contributed by atoms with Crippen molar-refractivity contribution >= 4 is 23.2 Å². The number of carbonyl (C=O) groups is 2. The fourth-order valence-electron chi connectivity index (χ4n) is 2.77. The third-order valence-corrected chi connectivity index (χ3v) is 4.82. The number of likely N-dealkylation sites (tertiary alicyclic amines) is 1. The van der Waals surface area contributed by atoms with Crippen molar-refractivity contribution in [3.63, 3.8) is 0 Å². The molecule has 1 atom stereocenters. The van der Waals surface area contributed by atoms with E-state index >= 15 is 0 Å². The van der Waals surface area contributed by atoms with Gasteiger partial charge in [-0.1, -0.05) is 6.07 Å². The van der Waals surface area contributed by atoms with Crippen LogP contribution in [-0.2, 0) is 9.53 Å². The number of H-pyrrole nitrogens is 1. The lowest BCUT2D eigenvalue weighted by Crippen LogP contribution is -2.43. The first-order valence-electron chi connectivity index (χ1n) is 7.74. The van der Waals surface area contributed by atoms with Crippen molar-refractivity contribution in [2.45, 2.75) is 19.8 Å². The molecule has 0 bridgehead atoms. The molecule has 1 amide bonds. The van der Waals surface area contributed by atoms with Gasteiger partial charge in [0.2, 0.25) is 0 Å². The summed E-state index contributed by atoms with van der Waals surface area (Å²) in [6, 6.07) is 5.70. The molecule has 7 heteroatoms. The summed E-state index contributed by atoms with van der Waals surface area (Å²) in [7, 11) is 0. The first kappa shape index (κ1) is 15.7. The van der Waals surface area contributed by atoms with Crippen LogP contribution in [0, 0.1) is 5.92 Å². The highest BCUT2D eigenvalue weighted by Gasteiger charge is 2.30. The van der Waals surface area contributed by atoms with Crippen LogP contribution in [0.4, 0.5) is 0 Å². The Kier molecular flexibility index (Phi) is 4.76. The number of nitrogens with zero attached hydrogens (tertiary/aromatic N) is 2. The van der Waals surface area contributed by atoms with Gasteiger partial charge in [0, 0.05) is 13.1 Å². The molecule has 3 heterocycles. The molecule has 0 spiro atoms. The van der Waals surface area contributed by atoms with Gasteiger partial charge < -0.3 is 9.64 Å². The number of nitrogens with one attached hydrogen (secondary N) is 1. The average molecular weight is 333 g/mol. The van der Waals surface area contributed by atoms with Crippen molar-refractivity contribution in [3.05, 3.63) is 29.3 Å². The summed E-state index contributed by atoms with van der Waals surface area (Å²) in [6.45, 7) is 3.21. The lowest BCUT2D eigenvalue weighted by molar-refractivity contribution is -0.149. The molecule has 2 aromatic heterocycles. The van der Waals surface area contributed by atoms with E-state index in [-0.39, 0.29) is 17.8 Å². The van der Waals surface area contributed by atoms with E-state index in [1.54, 1.807) is 29.2 Å². The van der Waals surface area contributed by atoms with Crippen molar-refractivity contribution in [3.8, 4) is 10.6 Å². The van der Waals surface area contributed by atoms with Crippen LogP contribution in [0.15, 0.2) is 23.6 Å². The van der Waals surface area contributed by atoms with Crippen molar-refractivity contribution in [2.24, 2.45) is 5.92 Å². The van der Waals surface area contributed by atoms with E-state index in [0.29, 0.717) is 25.4 Å². The highest BCUT2D eigenvalue weighted by molar-refractivity contribution is 7.13. The number of hydrogen-bond acceptors (Lipinski definition) is 5. The number of aromatic amines is 1. The number of aromatic nitrogens is 2. The van der Waals surface area contributed by atoms with Gasteiger partial charge in [0.15, 0.2) is 5.69 Å². The van der Waals surface area contributed by atoms with Crippen molar-refractivity contribution in [1.29, 1.82) is 0 Å². The van der Waals surface area contributed by atoms with Gasteiger partial charge >= 0.3 is 5.97 Å². The van der Waals surface area contributed by atoms with Crippen LogP contribution < -0.4 is 0 Å². The molecule has 0 radical (unpaired) electrons. The van der Waals surface area contributed by atoms with Gasteiger partial charge in [-0.25, -0.2) is 0 Å². The molecule has 1 aliphatic rings. The van der Waals surface area contributed by atoms with Gasteiger partial charge in [0.1, 0.15) is 0 Å². The summed E-state index contributed by atoms with van der Waals surface area (Å²) >= 11 is 1.59. The van der Waals surface area contributed by atoms with Crippen LogP contribution in [0.5, 0.6) is 0 Å². The van der Waals surface area contributed by atoms with E-state index in [1.807, 2.05) is 17.5 Å². The second-order valence-electron chi connectivity index (χ2n) is 5.49. The molecular formula is C16H19N3O3S. The number of carbonyl (C=O) groups excluding carboxylic acids is 2. The predicted molar refractivity (Wildman–Crippen MR) is 87.2 cm³/mol.